The van der Waals surface area contributed by atoms with Gasteiger partial charge >= 0.3 is 0 Å². The lowest BCUT2D eigenvalue weighted by Crippen LogP contribution is -2.61. The Morgan fingerprint density at radius 2 is 1.75 bits per heavy atom. The van der Waals surface area contributed by atoms with Crippen LogP contribution in [0.2, 0.25) is 0 Å². The Labute approximate surface area is 121 Å². The van der Waals surface area contributed by atoms with Crippen molar-refractivity contribution in [2.24, 2.45) is 17.3 Å². The van der Waals surface area contributed by atoms with Crippen molar-refractivity contribution in [2.75, 3.05) is 13.2 Å². The number of aliphatic hydroxyl groups is 2. The maximum atomic E-state index is 10.4. The Kier molecular flexibility index (Phi) is 3.26. The summed E-state index contributed by atoms with van der Waals surface area (Å²) < 4.78 is 0. The lowest BCUT2D eigenvalue weighted by molar-refractivity contribution is -0.0683. The molecule has 0 aliphatic heterocycles. The highest BCUT2D eigenvalue weighted by Gasteiger charge is 2.59. The average Bonchev–Trinajstić information content (AvgIpc) is 2.50. The van der Waals surface area contributed by atoms with Crippen LogP contribution in [0.3, 0.4) is 0 Å². The summed E-state index contributed by atoms with van der Waals surface area (Å²) in [6.45, 7) is 4.58. The molecule has 0 bridgehead atoms. The molecule has 0 fully saturated rings. The third-order valence-corrected chi connectivity index (χ3v) is 6.10. The molecule has 2 N–H and O–H groups in total. The Balaban J connectivity index is 2.30. The van der Waals surface area contributed by atoms with Crippen LogP contribution in [0, 0.1) is 17.3 Å². The molecule has 2 aliphatic carbocycles. The topological polar surface area (TPSA) is 40.5 Å². The molecule has 3 rings (SSSR count). The van der Waals surface area contributed by atoms with Gasteiger partial charge in [-0.05, 0) is 35.8 Å². The van der Waals surface area contributed by atoms with Crippen LogP contribution in [0.15, 0.2) is 36.4 Å². The van der Waals surface area contributed by atoms with E-state index in [1.807, 2.05) is 0 Å². The number of benzene rings is 1. The zero-order chi connectivity index (χ0) is 14.4. The van der Waals surface area contributed by atoms with E-state index in [0.717, 1.165) is 12.8 Å². The quantitative estimate of drug-likeness (QED) is 0.813. The van der Waals surface area contributed by atoms with E-state index in [-0.39, 0.29) is 35.9 Å². The number of aliphatic hydroxyl groups excluding tert-OH is 2. The maximum absolute atomic E-state index is 10.4. The Bertz CT molecular complexity index is 536. The predicted molar refractivity (Wildman–Crippen MR) is 80.5 cm³/mol. The summed E-state index contributed by atoms with van der Waals surface area (Å²) in [6, 6.07) is 8.45. The maximum Gasteiger partial charge on any atom is 0.0540 e. The van der Waals surface area contributed by atoms with Gasteiger partial charge < -0.3 is 10.2 Å². The SMILES string of the molecule is C[C@@H]1C=C[C@H](C)[C@@]2(CO)CCc3ccccc3[C@@]12CO. The van der Waals surface area contributed by atoms with E-state index < -0.39 is 0 Å². The van der Waals surface area contributed by atoms with Gasteiger partial charge in [0, 0.05) is 10.8 Å². The van der Waals surface area contributed by atoms with Gasteiger partial charge in [0.1, 0.15) is 0 Å². The first-order valence-electron chi connectivity index (χ1n) is 7.61. The first kappa shape index (κ1) is 13.8. The predicted octanol–water partition coefficient (Wildman–Crippen LogP) is 2.68. The van der Waals surface area contributed by atoms with Crippen molar-refractivity contribution in [3.63, 3.8) is 0 Å². The molecular weight excluding hydrogens is 248 g/mol. The van der Waals surface area contributed by atoms with Gasteiger partial charge in [-0.1, -0.05) is 50.3 Å². The summed E-state index contributed by atoms with van der Waals surface area (Å²) >= 11 is 0. The Morgan fingerprint density at radius 1 is 1.05 bits per heavy atom. The highest BCUT2D eigenvalue weighted by molar-refractivity contribution is 5.44. The van der Waals surface area contributed by atoms with E-state index in [0.29, 0.717) is 0 Å². The van der Waals surface area contributed by atoms with Crippen molar-refractivity contribution >= 4 is 0 Å². The van der Waals surface area contributed by atoms with Crippen molar-refractivity contribution in [3.05, 3.63) is 47.5 Å². The number of allylic oxidation sites excluding steroid dienone is 2. The summed E-state index contributed by atoms with van der Waals surface area (Å²) in [7, 11) is 0. The van der Waals surface area contributed by atoms with Gasteiger partial charge in [-0.3, -0.25) is 0 Å². The van der Waals surface area contributed by atoms with Crippen LogP contribution in [0.25, 0.3) is 0 Å². The number of hydrogen-bond donors (Lipinski definition) is 2. The fraction of sp³-hybridized carbons (Fsp3) is 0.556. The fourth-order valence-electron chi connectivity index (χ4n) is 4.79. The summed E-state index contributed by atoms with van der Waals surface area (Å²) in [5, 5.41) is 20.6. The number of aryl methyl sites for hydroxylation is 1. The van der Waals surface area contributed by atoms with Gasteiger partial charge in [-0.2, -0.15) is 0 Å². The Morgan fingerprint density at radius 3 is 2.45 bits per heavy atom. The van der Waals surface area contributed by atoms with Crippen LogP contribution in [0.4, 0.5) is 0 Å². The van der Waals surface area contributed by atoms with Crippen LogP contribution in [0.5, 0.6) is 0 Å². The molecule has 0 heterocycles. The molecule has 0 unspecified atom stereocenters. The highest BCUT2D eigenvalue weighted by atomic mass is 16.3. The van der Waals surface area contributed by atoms with Crippen molar-refractivity contribution in [3.8, 4) is 0 Å². The molecular formula is C18H24O2. The van der Waals surface area contributed by atoms with E-state index in [2.05, 4.69) is 50.3 Å². The summed E-state index contributed by atoms with van der Waals surface area (Å²) in [6.07, 6.45) is 6.37. The molecule has 0 saturated carbocycles. The van der Waals surface area contributed by atoms with Crippen LogP contribution < -0.4 is 0 Å². The van der Waals surface area contributed by atoms with Gasteiger partial charge in [0.15, 0.2) is 0 Å². The van der Waals surface area contributed by atoms with Gasteiger partial charge in [-0.25, -0.2) is 0 Å². The third-order valence-electron chi connectivity index (χ3n) is 6.10. The van der Waals surface area contributed by atoms with Crippen LogP contribution in [0.1, 0.15) is 31.4 Å². The third kappa shape index (κ3) is 1.47. The second kappa shape index (κ2) is 4.71. The largest absolute Gasteiger partial charge is 0.396 e. The van der Waals surface area contributed by atoms with Crippen molar-refractivity contribution in [2.45, 2.75) is 32.1 Å². The number of fused-ring (bicyclic) bond motifs is 3. The molecule has 0 aromatic heterocycles. The van der Waals surface area contributed by atoms with Crippen LogP contribution in [-0.4, -0.2) is 23.4 Å². The van der Waals surface area contributed by atoms with Gasteiger partial charge in [-0.15, -0.1) is 0 Å². The minimum atomic E-state index is -0.356. The van der Waals surface area contributed by atoms with E-state index in [9.17, 15) is 10.2 Å². The number of hydrogen-bond acceptors (Lipinski definition) is 2. The molecule has 1 aromatic rings. The number of rotatable bonds is 2. The lowest BCUT2D eigenvalue weighted by atomic mass is 9.44. The molecule has 20 heavy (non-hydrogen) atoms. The summed E-state index contributed by atoms with van der Waals surface area (Å²) in [5.74, 6) is 0.515. The summed E-state index contributed by atoms with van der Waals surface area (Å²) in [4.78, 5) is 0. The van der Waals surface area contributed by atoms with E-state index in [1.165, 1.54) is 11.1 Å². The van der Waals surface area contributed by atoms with Crippen molar-refractivity contribution in [1.29, 1.82) is 0 Å². The zero-order valence-corrected chi connectivity index (χ0v) is 12.3. The molecule has 0 spiro atoms. The Hall–Kier alpha value is -1.12. The molecule has 2 aliphatic rings. The van der Waals surface area contributed by atoms with Gasteiger partial charge in [0.05, 0.1) is 13.2 Å². The second-order valence-corrected chi connectivity index (χ2v) is 6.56. The van der Waals surface area contributed by atoms with Crippen molar-refractivity contribution < 1.29 is 10.2 Å². The minimum absolute atomic E-state index is 0.0976. The molecule has 4 atom stereocenters. The molecule has 0 radical (unpaired) electrons. The lowest BCUT2D eigenvalue weighted by Gasteiger charge is -2.60. The minimum Gasteiger partial charge on any atom is -0.396 e. The zero-order valence-electron chi connectivity index (χ0n) is 12.3. The summed E-state index contributed by atoms with van der Waals surface area (Å²) in [5.41, 5.74) is 1.97. The van der Waals surface area contributed by atoms with Gasteiger partial charge in [0.25, 0.3) is 0 Å². The van der Waals surface area contributed by atoms with E-state index in [1.54, 1.807) is 0 Å². The second-order valence-electron chi connectivity index (χ2n) is 6.56. The standard InChI is InChI=1S/C18H24O2/c1-13-7-8-14(2)18(12-20)16-6-4-3-5-15(16)9-10-17(13,18)11-19/h3-8,13-14,19-20H,9-12H2,1-2H3/t13-,14+,17-,18+/m0/s1. The van der Waals surface area contributed by atoms with Crippen molar-refractivity contribution in [1.82, 2.24) is 0 Å². The monoisotopic (exact) mass is 272 g/mol. The van der Waals surface area contributed by atoms with E-state index >= 15 is 0 Å². The molecule has 0 saturated heterocycles. The highest BCUT2D eigenvalue weighted by Crippen LogP contribution is 2.60. The average molecular weight is 272 g/mol. The first-order chi connectivity index (χ1) is 9.62. The molecule has 2 heteroatoms. The van der Waals surface area contributed by atoms with E-state index in [4.69, 9.17) is 0 Å². The smallest absolute Gasteiger partial charge is 0.0540 e. The molecule has 108 valence electrons. The van der Waals surface area contributed by atoms with Crippen LogP contribution in [-0.2, 0) is 11.8 Å². The molecule has 1 aromatic carbocycles. The fourth-order valence-corrected chi connectivity index (χ4v) is 4.79. The molecule has 2 nitrogen and oxygen atoms in total. The van der Waals surface area contributed by atoms with Crippen LogP contribution >= 0.6 is 0 Å². The first-order valence-corrected chi connectivity index (χ1v) is 7.61. The van der Waals surface area contributed by atoms with Gasteiger partial charge in [0.2, 0.25) is 0 Å². The normalized spacial score (nSPS) is 39.2. The molecule has 0 amide bonds.